The van der Waals surface area contributed by atoms with E-state index in [2.05, 4.69) is 18.7 Å². The maximum atomic E-state index is 12.0. The van der Waals surface area contributed by atoms with E-state index in [-0.39, 0.29) is 5.78 Å². The molecule has 0 aliphatic carbocycles. The van der Waals surface area contributed by atoms with Crippen LogP contribution in [0.15, 0.2) is 18.2 Å². The van der Waals surface area contributed by atoms with Gasteiger partial charge in [-0.15, -0.1) is 0 Å². The van der Waals surface area contributed by atoms with Gasteiger partial charge in [0.25, 0.3) is 0 Å². The topological polar surface area (TPSA) is 20.3 Å². The first kappa shape index (κ1) is 14.2. The minimum Gasteiger partial charge on any atom is -0.303 e. The van der Waals surface area contributed by atoms with Crippen molar-refractivity contribution in [2.75, 3.05) is 19.6 Å². The van der Waals surface area contributed by atoms with Gasteiger partial charge >= 0.3 is 0 Å². The standard InChI is InChI=1S/C14H20ClNO/c1-4-16(5-2)9-8-14(17)12-6-7-13(15)11(3)10-12/h6-7,10H,4-5,8-9H2,1-3H3. The fraction of sp³-hybridized carbons (Fsp3) is 0.500. The Bertz CT molecular complexity index is 386. The van der Waals surface area contributed by atoms with Crippen molar-refractivity contribution in [1.82, 2.24) is 4.90 Å². The van der Waals surface area contributed by atoms with Gasteiger partial charge in [0.1, 0.15) is 0 Å². The molecule has 0 aliphatic rings. The fourth-order valence-corrected chi connectivity index (χ4v) is 1.88. The van der Waals surface area contributed by atoms with Gasteiger partial charge in [-0.1, -0.05) is 25.4 Å². The smallest absolute Gasteiger partial charge is 0.164 e. The van der Waals surface area contributed by atoms with Crippen LogP contribution in [0.2, 0.25) is 5.02 Å². The van der Waals surface area contributed by atoms with Crippen LogP contribution < -0.4 is 0 Å². The molecule has 0 unspecified atom stereocenters. The molecule has 0 fully saturated rings. The molecule has 0 saturated carbocycles. The Kier molecular flexibility index (Phi) is 5.66. The number of carbonyl (C=O) groups excluding carboxylic acids is 1. The SMILES string of the molecule is CCN(CC)CCC(=O)c1ccc(Cl)c(C)c1. The molecular weight excluding hydrogens is 234 g/mol. The van der Waals surface area contributed by atoms with Crippen LogP contribution >= 0.6 is 11.6 Å². The van der Waals surface area contributed by atoms with E-state index < -0.39 is 0 Å². The first-order chi connectivity index (χ1) is 8.08. The van der Waals surface area contributed by atoms with E-state index >= 15 is 0 Å². The number of carbonyl (C=O) groups is 1. The van der Waals surface area contributed by atoms with Crippen LogP contribution in [0, 0.1) is 6.92 Å². The predicted octanol–water partition coefficient (Wildman–Crippen LogP) is 3.56. The number of aryl methyl sites for hydroxylation is 1. The summed E-state index contributed by atoms with van der Waals surface area (Å²) in [6, 6.07) is 5.47. The minimum absolute atomic E-state index is 0.191. The van der Waals surface area contributed by atoms with E-state index in [1.165, 1.54) is 0 Å². The van der Waals surface area contributed by atoms with Crippen molar-refractivity contribution in [2.24, 2.45) is 0 Å². The lowest BCUT2D eigenvalue weighted by molar-refractivity contribution is 0.0966. The van der Waals surface area contributed by atoms with Crippen LogP contribution in [0.1, 0.15) is 36.2 Å². The van der Waals surface area contributed by atoms with Gasteiger partial charge in [-0.05, 0) is 43.8 Å². The van der Waals surface area contributed by atoms with E-state index in [0.717, 1.165) is 30.8 Å². The van der Waals surface area contributed by atoms with Crippen molar-refractivity contribution in [1.29, 1.82) is 0 Å². The monoisotopic (exact) mass is 253 g/mol. The molecule has 0 saturated heterocycles. The summed E-state index contributed by atoms with van der Waals surface area (Å²) in [5.41, 5.74) is 1.72. The van der Waals surface area contributed by atoms with Crippen molar-refractivity contribution >= 4 is 17.4 Å². The quantitative estimate of drug-likeness (QED) is 0.723. The van der Waals surface area contributed by atoms with E-state index in [4.69, 9.17) is 11.6 Å². The van der Waals surface area contributed by atoms with Gasteiger partial charge in [-0.2, -0.15) is 0 Å². The predicted molar refractivity (Wildman–Crippen MR) is 72.9 cm³/mol. The Hall–Kier alpha value is -0.860. The minimum atomic E-state index is 0.191. The number of ketones is 1. The van der Waals surface area contributed by atoms with E-state index in [9.17, 15) is 4.79 Å². The van der Waals surface area contributed by atoms with Crippen molar-refractivity contribution in [3.63, 3.8) is 0 Å². The van der Waals surface area contributed by atoms with Crippen molar-refractivity contribution in [3.05, 3.63) is 34.3 Å². The number of benzene rings is 1. The molecule has 17 heavy (non-hydrogen) atoms. The van der Waals surface area contributed by atoms with Crippen molar-refractivity contribution < 1.29 is 4.79 Å². The zero-order valence-corrected chi connectivity index (χ0v) is 11.5. The van der Waals surface area contributed by atoms with Gasteiger partial charge in [0.15, 0.2) is 5.78 Å². The Morgan fingerprint density at radius 2 is 1.94 bits per heavy atom. The largest absolute Gasteiger partial charge is 0.303 e. The summed E-state index contributed by atoms with van der Waals surface area (Å²) in [6.45, 7) is 8.95. The molecule has 3 heteroatoms. The van der Waals surface area contributed by atoms with Crippen LogP contribution in [0.5, 0.6) is 0 Å². The summed E-state index contributed by atoms with van der Waals surface area (Å²) in [5.74, 6) is 0.191. The van der Waals surface area contributed by atoms with Gasteiger partial charge in [0, 0.05) is 23.6 Å². The highest BCUT2D eigenvalue weighted by Crippen LogP contribution is 2.17. The van der Waals surface area contributed by atoms with E-state index in [1.54, 1.807) is 12.1 Å². The first-order valence-electron chi connectivity index (χ1n) is 6.10. The maximum Gasteiger partial charge on any atom is 0.164 e. The van der Waals surface area contributed by atoms with Crippen LogP contribution in [-0.4, -0.2) is 30.3 Å². The second kappa shape index (κ2) is 6.77. The van der Waals surface area contributed by atoms with Crippen molar-refractivity contribution in [2.45, 2.75) is 27.2 Å². The Balaban J connectivity index is 2.61. The second-order valence-electron chi connectivity index (χ2n) is 4.16. The van der Waals surface area contributed by atoms with Crippen LogP contribution in [0.25, 0.3) is 0 Å². The third-order valence-electron chi connectivity index (χ3n) is 3.03. The second-order valence-corrected chi connectivity index (χ2v) is 4.57. The van der Waals surface area contributed by atoms with Crippen LogP contribution in [0.4, 0.5) is 0 Å². The van der Waals surface area contributed by atoms with Gasteiger partial charge < -0.3 is 4.90 Å². The normalized spacial score (nSPS) is 10.9. The lowest BCUT2D eigenvalue weighted by Gasteiger charge is -2.17. The maximum absolute atomic E-state index is 12.0. The van der Waals surface area contributed by atoms with Gasteiger partial charge in [0.05, 0.1) is 0 Å². The molecule has 2 nitrogen and oxygen atoms in total. The van der Waals surface area contributed by atoms with Gasteiger partial charge in [0.2, 0.25) is 0 Å². The molecule has 0 spiro atoms. The van der Waals surface area contributed by atoms with Crippen LogP contribution in [-0.2, 0) is 0 Å². The third kappa shape index (κ3) is 4.14. The summed E-state index contributed by atoms with van der Waals surface area (Å²) in [4.78, 5) is 14.2. The van der Waals surface area contributed by atoms with E-state index in [0.29, 0.717) is 11.4 Å². The molecule has 0 N–H and O–H groups in total. The molecule has 0 radical (unpaired) electrons. The molecular formula is C14H20ClNO. The number of Topliss-reactive ketones (excluding diaryl/α,β-unsaturated/α-hetero) is 1. The third-order valence-corrected chi connectivity index (χ3v) is 3.45. The fourth-order valence-electron chi connectivity index (χ4n) is 1.76. The lowest BCUT2D eigenvalue weighted by Crippen LogP contribution is -2.25. The van der Waals surface area contributed by atoms with Gasteiger partial charge in [-0.3, -0.25) is 4.79 Å². The Morgan fingerprint density at radius 1 is 1.29 bits per heavy atom. The average molecular weight is 254 g/mol. The highest BCUT2D eigenvalue weighted by atomic mass is 35.5. The molecule has 0 heterocycles. The summed E-state index contributed by atoms with van der Waals surface area (Å²) in [5, 5.41) is 0.713. The summed E-state index contributed by atoms with van der Waals surface area (Å²) in [6.07, 6.45) is 0.572. The molecule has 1 aromatic carbocycles. The highest BCUT2D eigenvalue weighted by molar-refractivity contribution is 6.31. The molecule has 0 bridgehead atoms. The molecule has 1 rings (SSSR count). The molecule has 94 valence electrons. The Labute approximate surface area is 109 Å². The summed E-state index contributed by atoms with van der Waals surface area (Å²) >= 11 is 5.94. The van der Waals surface area contributed by atoms with Gasteiger partial charge in [-0.25, -0.2) is 0 Å². The van der Waals surface area contributed by atoms with E-state index in [1.807, 2.05) is 13.0 Å². The highest BCUT2D eigenvalue weighted by Gasteiger charge is 2.09. The molecule has 1 aromatic rings. The Morgan fingerprint density at radius 3 is 2.47 bits per heavy atom. The number of nitrogens with zero attached hydrogens (tertiary/aromatic N) is 1. The average Bonchev–Trinajstić information content (AvgIpc) is 2.33. The number of halogens is 1. The van der Waals surface area contributed by atoms with Crippen LogP contribution in [0.3, 0.4) is 0 Å². The molecule has 0 aliphatic heterocycles. The van der Waals surface area contributed by atoms with Crippen molar-refractivity contribution in [3.8, 4) is 0 Å². The number of hydrogen-bond acceptors (Lipinski definition) is 2. The lowest BCUT2D eigenvalue weighted by atomic mass is 10.1. The zero-order valence-electron chi connectivity index (χ0n) is 10.8. The molecule has 0 aromatic heterocycles. The number of rotatable bonds is 6. The molecule has 0 amide bonds. The summed E-state index contributed by atoms with van der Waals surface area (Å²) in [7, 11) is 0. The zero-order chi connectivity index (χ0) is 12.8. The molecule has 0 atom stereocenters. The number of hydrogen-bond donors (Lipinski definition) is 0. The summed E-state index contributed by atoms with van der Waals surface area (Å²) < 4.78 is 0. The first-order valence-corrected chi connectivity index (χ1v) is 6.48.